The van der Waals surface area contributed by atoms with Crippen molar-refractivity contribution in [2.45, 2.75) is 65.2 Å². The Kier molecular flexibility index (Phi) is 7.23. The van der Waals surface area contributed by atoms with Gasteiger partial charge in [-0.25, -0.2) is 4.98 Å². The van der Waals surface area contributed by atoms with Crippen LogP contribution in [0.25, 0.3) is 0 Å². The van der Waals surface area contributed by atoms with Crippen molar-refractivity contribution >= 4 is 5.78 Å². The van der Waals surface area contributed by atoms with Crippen molar-refractivity contribution in [1.82, 2.24) is 9.97 Å². The number of hydrogen-bond donors (Lipinski definition) is 0. The van der Waals surface area contributed by atoms with E-state index in [1.54, 1.807) is 12.4 Å². The number of unbranched alkanes of at least 4 members (excludes halogenated alkanes) is 6. The van der Waals surface area contributed by atoms with Crippen LogP contribution in [0.4, 0.5) is 0 Å². The summed E-state index contributed by atoms with van der Waals surface area (Å²) in [5.74, 6) is 0.121. The van der Waals surface area contributed by atoms with Gasteiger partial charge in [0.15, 0.2) is 5.78 Å². The van der Waals surface area contributed by atoms with Crippen molar-refractivity contribution in [2.75, 3.05) is 0 Å². The summed E-state index contributed by atoms with van der Waals surface area (Å²) in [7, 11) is 0. The van der Waals surface area contributed by atoms with E-state index in [0.29, 0.717) is 12.1 Å². The SMILES string of the molecule is CCCCCCCCCC(=O)c1cnc(C)cn1. The van der Waals surface area contributed by atoms with Crippen LogP contribution in [-0.2, 0) is 0 Å². The Bertz CT molecular complexity index is 346. The molecule has 1 heterocycles. The van der Waals surface area contributed by atoms with E-state index in [0.717, 1.165) is 18.5 Å². The summed E-state index contributed by atoms with van der Waals surface area (Å²) in [6.45, 7) is 4.10. The largest absolute Gasteiger partial charge is 0.292 e. The molecule has 0 aliphatic rings. The van der Waals surface area contributed by atoms with E-state index >= 15 is 0 Å². The molecule has 0 unspecified atom stereocenters. The fourth-order valence-electron chi connectivity index (χ4n) is 1.91. The molecular weight excluding hydrogens is 224 g/mol. The molecule has 0 saturated carbocycles. The summed E-state index contributed by atoms with van der Waals surface area (Å²) in [4.78, 5) is 20.0. The average molecular weight is 248 g/mol. The first-order valence-corrected chi connectivity index (χ1v) is 7.06. The summed E-state index contributed by atoms with van der Waals surface area (Å²) in [6.07, 6.45) is 12.4. The van der Waals surface area contributed by atoms with Crippen LogP contribution in [-0.4, -0.2) is 15.8 Å². The van der Waals surface area contributed by atoms with E-state index in [9.17, 15) is 4.79 Å². The Morgan fingerprint density at radius 1 is 1.00 bits per heavy atom. The minimum atomic E-state index is 0.121. The molecule has 1 aromatic rings. The number of carbonyl (C=O) groups excluding carboxylic acids is 1. The number of hydrogen-bond acceptors (Lipinski definition) is 3. The maximum atomic E-state index is 11.8. The van der Waals surface area contributed by atoms with Crippen molar-refractivity contribution in [3.05, 3.63) is 23.8 Å². The highest BCUT2D eigenvalue weighted by Crippen LogP contribution is 2.10. The highest BCUT2D eigenvalue weighted by atomic mass is 16.1. The molecule has 0 radical (unpaired) electrons. The van der Waals surface area contributed by atoms with E-state index in [2.05, 4.69) is 16.9 Å². The standard InChI is InChI=1S/C15H24N2O/c1-3-4-5-6-7-8-9-10-15(18)14-12-16-13(2)11-17-14/h11-12H,3-10H2,1-2H3. The average Bonchev–Trinajstić information content (AvgIpc) is 2.38. The number of aromatic nitrogens is 2. The van der Waals surface area contributed by atoms with Crippen LogP contribution in [0, 0.1) is 6.92 Å². The molecule has 0 aliphatic heterocycles. The molecule has 0 saturated heterocycles. The molecule has 0 aromatic carbocycles. The fraction of sp³-hybridized carbons (Fsp3) is 0.667. The molecule has 0 amide bonds. The number of carbonyl (C=O) groups is 1. The van der Waals surface area contributed by atoms with Crippen molar-refractivity contribution < 1.29 is 4.79 Å². The van der Waals surface area contributed by atoms with E-state index in [4.69, 9.17) is 0 Å². The molecule has 0 aliphatic carbocycles. The summed E-state index contributed by atoms with van der Waals surface area (Å²) in [6, 6.07) is 0. The molecule has 3 heteroatoms. The Hall–Kier alpha value is -1.25. The topological polar surface area (TPSA) is 42.9 Å². The Morgan fingerprint density at radius 3 is 2.28 bits per heavy atom. The number of nitrogens with zero attached hydrogens (tertiary/aromatic N) is 2. The molecule has 0 spiro atoms. The number of aryl methyl sites for hydroxylation is 1. The van der Waals surface area contributed by atoms with Crippen molar-refractivity contribution in [1.29, 1.82) is 0 Å². The van der Waals surface area contributed by atoms with Gasteiger partial charge in [-0.3, -0.25) is 9.78 Å². The molecule has 18 heavy (non-hydrogen) atoms. The van der Waals surface area contributed by atoms with Gasteiger partial charge in [0.25, 0.3) is 0 Å². The number of ketones is 1. The first-order chi connectivity index (χ1) is 8.74. The van der Waals surface area contributed by atoms with Gasteiger partial charge in [-0.05, 0) is 13.3 Å². The molecule has 1 aromatic heterocycles. The monoisotopic (exact) mass is 248 g/mol. The van der Waals surface area contributed by atoms with Crippen LogP contribution in [0.3, 0.4) is 0 Å². The zero-order valence-corrected chi connectivity index (χ0v) is 11.6. The summed E-state index contributed by atoms with van der Waals surface area (Å²) < 4.78 is 0. The van der Waals surface area contributed by atoms with Gasteiger partial charge in [-0.1, -0.05) is 45.4 Å². The molecule has 0 atom stereocenters. The molecular formula is C15H24N2O. The predicted molar refractivity (Wildman–Crippen MR) is 73.7 cm³/mol. The summed E-state index contributed by atoms with van der Waals surface area (Å²) in [5, 5.41) is 0. The number of Topliss-reactive ketones (excluding diaryl/α,β-unsaturated/α-hetero) is 1. The lowest BCUT2D eigenvalue weighted by atomic mass is 10.1. The third kappa shape index (κ3) is 5.89. The Labute approximate surface area is 110 Å². The lowest BCUT2D eigenvalue weighted by Gasteiger charge is -2.01. The minimum Gasteiger partial charge on any atom is -0.292 e. The van der Waals surface area contributed by atoms with Crippen LogP contribution in [0.1, 0.15) is 74.5 Å². The second-order valence-electron chi connectivity index (χ2n) is 4.84. The van der Waals surface area contributed by atoms with Crippen LogP contribution in [0.5, 0.6) is 0 Å². The first-order valence-electron chi connectivity index (χ1n) is 7.06. The minimum absolute atomic E-state index is 0.121. The van der Waals surface area contributed by atoms with E-state index in [1.165, 1.54) is 32.1 Å². The van der Waals surface area contributed by atoms with Gasteiger partial charge in [-0.15, -0.1) is 0 Å². The van der Waals surface area contributed by atoms with E-state index in [1.807, 2.05) is 6.92 Å². The van der Waals surface area contributed by atoms with E-state index < -0.39 is 0 Å². The van der Waals surface area contributed by atoms with Crippen molar-refractivity contribution in [3.8, 4) is 0 Å². The fourth-order valence-corrected chi connectivity index (χ4v) is 1.91. The zero-order valence-electron chi connectivity index (χ0n) is 11.6. The summed E-state index contributed by atoms with van der Waals surface area (Å²) in [5.41, 5.74) is 1.36. The number of rotatable bonds is 9. The second kappa shape index (κ2) is 8.78. The Morgan fingerprint density at radius 2 is 1.67 bits per heavy atom. The van der Waals surface area contributed by atoms with E-state index in [-0.39, 0.29) is 5.78 Å². The maximum absolute atomic E-state index is 11.8. The zero-order chi connectivity index (χ0) is 13.2. The molecule has 0 N–H and O–H groups in total. The van der Waals surface area contributed by atoms with Gasteiger partial charge in [0.05, 0.1) is 11.9 Å². The molecule has 0 fully saturated rings. The van der Waals surface area contributed by atoms with Gasteiger partial charge in [0.1, 0.15) is 5.69 Å². The summed E-state index contributed by atoms with van der Waals surface area (Å²) >= 11 is 0. The molecule has 3 nitrogen and oxygen atoms in total. The Balaban J connectivity index is 2.12. The smallest absolute Gasteiger partial charge is 0.182 e. The van der Waals surface area contributed by atoms with Gasteiger partial charge in [0, 0.05) is 12.6 Å². The molecule has 100 valence electrons. The van der Waals surface area contributed by atoms with Gasteiger partial charge < -0.3 is 0 Å². The van der Waals surface area contributed by atoms with Crippen LogP contribution < -0.4 is 0 Å². The van der Waals surface area contributed by atoms with Gasteiger partial charge >= 0.3 is 0 Å². The van der Waals surface area contributed by atoms with Crippen LogP contribution in [0.2, 0.25) is 0 Å². The highest BCUT2D eigenvalue weighted by Gasteiger charge is 2.06. The van der Waals surface area contributed by atoms with Crippen molar-refractivity contribution in [2.24, 2.45) is 0 Å². The third-order valence-corrected chi connectivity index (χ3v) is 3.07. The molecule has 0 bridgehead atoms. The van der Waals surface area contributed by atoms with Crippen molar-refractivity contribution in [3.63, 3.8) is 0 Å². The van der Waals surface area contributed by atoms with Crippen LogP contribution >= 0.6 is 0 Å². The molecule has 1 rings (SSSR count). The normalized spacial score (nSPS) is 10.6. The lowest BCUT2D eigenvalue weighted by Crippen LogP contribution is -2.03. The maximum Gasteiger partial charge on any atom is 0.182 e. The quantitative estimate of drug-likeness (QED) is 0.488. The third-order valence-electron chi connectivity index (χ3n) is 3.07. The van der Waals surface area contributed by atoms with Gasteiger partial charge in [0.2, 0.25) is 0 Å². The second-order valence-corrected chi connectivity index (χ2v) is 4.84. The predicted octanol–water partition coefficient (Wildman–Crippen LogP) is 4.11. The lowest BCUT2D eigenvalue weighted by molar-refractivity contribution is 0.0974. The van der Waals surface area contributed by atoms with Gasteiger partial charge in [-0.2, -0.15) is 0 Å². The highest BCUT2D eigenvalue weighted by molar-refractivity contribution is 5.93. The van der Waals surface area contributed by atoms with Crippen LogP contribution in [0.15, 0.2) is 12.4 Å². The first kappa shape index (κ1) is 14.8.